The molecule has 0 rings (SSSR count). The molecule has 0 aromatic carbocycles. The van der Waals surface area contributed by atoms with E-state index in [0.29, 0.717) is 19.4 Å². The van der Waals surface area contributed by atoms with Crippen molar-refractivity contribution in [2.45, 2.75) is 353 Å². The van der Waals surface area contributed by atoms with Crippen LogP contribution in [0, 0.1) is 0 Å². The molecule has 0 heterocycles. The number of esters is 1. The molecule has 0 radical (unpaired) electrons. The van der Waals surface area contributed by atoms with Crippen LogP contribution in [0.3, 0.4) is 0 Å². The molecule has 6 nitrogen and oxygen atoms in total. The molecule has 408 valence electrons. The minimum absolute atomic E-state index is 0.00985. The van der Waals surface area contributed by atoms with E-state index in [-0.39, 0.29) is 18.5 Å². The van der Waals surface area contributed by atoms with Crippen molar-refractivity contribution in [3.63, 3.8) is 0 Å². The molecule has 2 atom stereocenters. The maximum Gasteiger partial charge on any atom is 0.305 e. The van der Waals surface area contributed by atoms with Gasteiger partial charge < -0.3 is 20.3 Å². The summed E-state index contributed by atoms with van der Waals surface area (Å²) in [4.78, 5) is 24.5. The number of aliphatic hydroxyl groups excluding tert-OH is 2. The van der Waals surface area contributed by atoms with Gasteiger partial charge in [-0.25, -0.2) is 0 Å². The summed E-state index contributed by atoms with van der Waals surface area (Å²) in [6.07, 6.45) is 72.4. The van der Waals surface area contributed by atoms with Gasteiger partial charge in [0.2, 0.25) is 5.91 Å². The molecule has 0 fully saturated rings. The molecule has 0 aliphatic rings. The summed E-state index contributed by atoms with van der Waals surface area (Å²) in [7, 11) is 0. The summed E-state index contributed by atoms with van der Waals surface area (Å²) in [6.45, 7) is 4.89. The number of ether oxygens (including phenoxy) is 1. The summed E-state index contributed by atoms with van der Waals surface area (Å²) in [5.41, 5.74) is 0. The first-order chi connectivity index (χ1) is 34.0. The Labute approximate surface area is 431 Å². The van der Waals surface area contributed by atoms with Crippen LogP contribution in [0.15, 0.2) is 24.3 Å². The van der Waals surface area contributed by atoms with Crippen LogP contribution in [-0.4, -0.2) is 47.4 Å². The van der Waals surface area contributed by atoms with Crippen molar-refractivity contribution in [1.82, 2.24) is 5.32 Å². The van der Waals surface area contributed by atoms with E-state index >= 15 is 0 Å². The van der Waals surface area contributed by atoms with E-state index in [1.807, 2.05) is 6.08 Å². The summed E-state index contributed by atoms with van der Waals surface area (Å²) < 4.78 is 5.49. The molecule has 0 saturated heterocycles. The van der Waals surface area contributed by atoms with E-state index in [4.69, 9.17) is 4.74 Å². The third kappa shape index (κ3) is 55.5. The predicted octanol–water partition coefficient (Wildman–Crippen LogP) is 19.4. The first-order valence-electron chi connectivity index (χ1n) is 31.1. The highest BCUT2D eigenvalue weighted by Crippen LogP contribution is 2.18. The molecule has 6 heteroatoms. The van der Waals surface area contributed by atoms with Gasteiger partial charge in [-0.15, -0.1) is 0 Å². The number of carbonyl (C=O) groups excluding carboxylic acids is 2. The molecule has 1 amide bonds. The van der Waals surface area contributed by atoms with Crippen molar-refractivity contribution in [2.75, 3.05) is 13.2 Å². The zero-order valence-corrected chi connectivity index (χ0v) is 46.6. The van der Waals surface area contributed by atoms with Gasteiger partial charge in [-0.1, -0.05) is 295 Å². The average Bonchev–Trinajstić information content (AvgIpc) is 3.35. The minimum Gasteiger partial charge on any atom is -0.466 e. The second-order valence-corrected chi connectivity index (χ2v) is 21.4. The second-order valence-electron chi connectivity index (χ2n) is 21.4. The van der Waals surface area contributed by atoms with Crippen LogP contribution in [0.1, 0.15) is 341 Å². The molecule has 0 aromatic heterocycles. The maximum atomic E-state index is 12.4. The van der Waals surface area contributed by atoms with Crippen LogP contribution in [0.25, 0.3) is 0 Å². The molecule has 0 bridgehead atoms. The number of amides is 1. The molecule has 2 unspecified atom stereocenters. The van der Waals surface area contributed by atoms with Gasteiger partial charge in [-0.05, 0) is 57.8 Å². The average molecular weight is 973 g/mol. The highest BCUT2D eigenvalue weighted by atomic mass is 16.5. The summed E-state index contributed by atoms with van der Waals surface area (Å²) in [5, 5.41) is 23.0. The third-order valence-electron chi connectivity index (χ3n) is 14.5. The highest BCUT2D eigenvalue weighted by Gasteiger charge is 2.18. The standard InChI is InChI=1S/C63H121NO5/c1-3-5-7-9-11-13-15-16-30-34-37-41-45-49-53-57-63(68)69-58-54-50-46-42-38-35-32-29-27-25-23-21-19-17-18-20-22-24-26-28-31-33-36-40-44-48-52-56-62(67)64-60(59-65)61(66)55-51-47-43-39-14-12-10-8-6-4-2/h16,30,51,55,60-61,65-66H,3-15,17-29,31-50,52-54,56-59H2,1-2H3,(H,64,67)/b30-16-,55-51+. The Bertz CT molecular complexity index is 1080. The number of hydrogen-bond acceptors (Lipinski definition) is 5. The van der Waals surface area contributed by atoms with E-state index in [2.05, 4.69) is 31.3 Å². The summed E-state index contributed by atoms with van der Waals surface area (Å²) in [5.74, 6) is -0.0564. The molecular formula is C63H121NO5. The van der Waals surface area contributed by atoms with E-state index in [1.165, 1.54) is 270 Å². The van der Waals surface area contributed by atoms with Crippen LogP contribution >= 0.6 is 0 Å². The minimum atomic E-state index is -0.840. The molecule has 69 heavy (non-hydrogen) atoms. The molecule has 3 N–H and O–H groups in total. The normalized spacial score (nSPS) is 12.7. The first kappa shape index (κ1) is 67.3. The topological polar surface area (TPSA) is 95.9 Å². The molecule has 0 aliphatic carbocycles. The quantitative estimate of drug-likeness (QED) is 0.0321. The van der Waals surface area contributed by atoms with E-state index < -0.39 is 12.1 Å². The maximum absolute atomic E-state index is 12.4. The van der Waals surface area contributed by atoms with Crippen molar-refractivity contribution in [3.05, 3.63) is 24.3 Å². The number of allylic oxidation sites excluding steroid dienone is 3. The molecule has 0 saturated carbocycles. The third-order valence-corrected chi connectivity index (χ3v) is 14.5. The number of rotatable bonds is 58. The van der Waals surface area contributed by atoms with Crippen molar-refractivity contribution in [2.24, 2.45) is 0 Å². The van der Waals surface area contributed by atoms with Gasteiger partial charge in [0.1, 0.15) is 0 Å². The van der Waals surface area contributed by atoms with E-state index in [9.17, 15) is 19.8 Å². The van der Waals surface area contributed by atoms with E-state index in [1.54, 1.807) is 6.08 Å². The SMILES string of the molecule is CCCCCCCC/C=C\CCCCCCCC(=O)OCCCCCCCCCCCCCCCCCCCCCCCCCCCCCC(=O)NC(CO)C(O)/C=C/CCCCCCCCCC. The van der Waals surface area contributed by atoms with Crippen molar-refractivity contribution < 1.29 is 24.5 Å². The fourth-order valence-electron chi connectivity index (χ4n) is 9.69. The van der Waals surface area contributed by atoms with Crippen molar-refractivity contribution >= 4 is 11.9 Å². The predicted molar refractivity (Wildman–Crippen MR) is 301 cm³/mol. The van der Waals surface area contributed by atoms with Gasteiger partial charge in [-0.3, -0.25) is 9.59 Å². The van der Waals surface area contributed by atoms with Gasteiger partial charge in [0.05, 0.1) is 25.4 Å². The van der Waals surface area contributed by atoms with Gasteiger partial charge in [0.15, 0.2) is 0 Å². The lowest BCUT2D eigenvalue weighted by Gasteiger charge is -2.20. The van der Waals surface area contributed by atoms with Gasteiger partial charge in [0.25, 0.3) is 0 Å². The number of carbonyl (C=O) groups is 2. The molecule has 0 spiro atoms. The van der Waals surface area contributed by atoms with Gasteiger partial charge in [-0.2, -0.15) is 0 Å². The van der Waals surface area contributed by atoms with Crippen molar-refractivity contribution in [3.8, 4) is 0 Å². The molecular weight excluding hydrogens is 851 g/mol. The number of hydrogen-bond donors (Lipinski definition) is 3. The Hall–Kier alpha value is -1.66. The highest BCUT2D eigenvalue weighted by molar-refractivity contribution is 5.76. The Morgan fingerprint density at radius 1 is 0.391 bits per heavy atom. The molecule has 0 aliphatic heterocycles. The van der Waals surface area contributed by atoms with E-state index in [0.717, 1.165) is 44.9 Å². The Kier molecular flexibility index (Phi) is 57.5. The van der Waals surface area contributed by atoms with Crippen LogP contribution in [0.2, 0.25) is 0 Å². The Balaban J connectivity index is 3.33. The smallest absolute Gasteiger partial charge is 0.305 e. The van der Waals surface area contributed by atoms with Gasteiger partial charge in [0, 0.05) is 12.8 Å². The van der Waals surface area contributed by atoms with Gasteiger partial charge >= 0.3 is 5.97 Å². The van der Waals surface area contributed by atoms with Crippen LogP contribution in [0.5, 0.6) is 0 Å². The largest absolute Gasteiger partial charge is 0.466 e. The lowest BCUT2D eigenvalue weighted by molar-refractivity contribution is -0.143. The zero-order valence-electron chi connectivity index (χ0n) is 46.6. The number of unbranched alkanes of at least 4 members (excludes halogenated alkanes) is 45. The van der Waals surface area contributed by atoms with Crippen LogP contribution < -0.4 is 5.32 Å². The Morgan fingerprint density at radius 3 is 1.03 bits per heavy atom. The van der Waals surface area contributed by atoms with Crippen LogP contribution in [-0.2, 0) is 14.3 Å². The fraction of sp³-hybridized carbons (Fsp3) is 0.905. The lowest BCUT2D eigenvalue weighted by Crippen LogP contribution is -2.45. The molecule has 0 aromatic rings. The first-order valence-corrected chi connectivity index (χ1v) is 31.1. The second kappa shape index (κ2) is 58.9. The fourth-order valence-corrected chi connectivity index (χ4v) is 9.69. The Morgan fingerprint density at radius 2 is 0.681 bits per heavy atom. The number of nitrogens with one attached hydrogen (secondary N) is 1. The number of aliphatic hydroxyl groups is 2. The summed E-state index contributed by atoms with van der Waals surface area (Å²) >= 11 is 0. The monoisotopic (exact) mass is 972 g/mol. The zero-order chi connectivity index (χ0) is 50.0. The lowest BCUT2D eigenvalue weighted by atomic mass is 10.0. The van der Waals surface area contributed by atoms with Crippen LogP contribution in [0.4, 0.5) is 0 Å². The summed E-state index contributed by atoms with van der Waals surface area (Å²) in [6, 6.07) is -0.623. The van der Waals surface area contributed by atoms with Crippen molar-refractivity contribution in [1.29, 1.82) is 0 Å².